The van der Waals surface area contributed by atoms with Gasteiger partial charge in [-0.15, -0.1) is 0 Å². The third kappa shape index (κ3) is 1.37. The van der Waals surface area contributed by atoms with Crippen molar-refractivity contribution < 1.29 is 9.53 Å². The van der Waals surface area contributed by atoms with E-state index in [2.05, 4.69) is 26.8 Å². The zero-order valence-corrected chi connectivity index (χ0v) is 9.17. The van der Waals surface area contributed by atoms with E-state index in [-0.39, 0.29) is 17.3 Å². The molecular weight excluding hydrogens is 176 g/mol. The summed E-state index contributed by atoms with van der Waals surface area (Å²) in [5.41, 5.74) is 1.61. The number of carbonyl (C=O) groups excluding carboxylic acids is 1. The molecule has 2 heteroatoms. The highest BCUT2D eigenvalue weighted by atomic mass is 16.5. The highest BCUT2D eigenvalue weighted by Crippen LogP contribution is 2.64. The van der Waals surface area contributed by atoms with E-state index in [0.717, 1.165) is 12.8 Å². The molecule has 14 heavy (non-hydrogen) atoms. The van der Waals surface area contributed by atoms with Gasteiger partial charge in [0.15, 0.2) is 0 Å². The number of rotatable bonds is 3. The molecule has 3 atom stereocenters. The molecule has 1 saturated heterocycles. The van der Waals surface area contributed by atoms with Crippen LogP contribution in [0.1, 0.15) is 33.6 Å². The lowest BCUT2D eigenvalue weighted by Crippen LogP contribution is -2.13. The Kier molecular flexibility index (Phi) is 2.17. The fourth-order valence-electron chi connectivity index (χ4n) is 2.66. The van der Waals surface area contributed by atoms with E-state index >= 15 is 0 Å². The summed E-state index contributed by atoms with van der Waals surface area (Å²) in [6.07, 6.45) is 4.48. The van der Waals surface area contributed by atoms with Gasteiger partial charge in [0.1, 0.15) is 0 Å². The summed E-state index contributed by atoms with van der Waals surface area (Å²) in [6, 6.07) is 0. The van der Waals surface area contributed by atoms with Gasteiger partial charge in [-0.1, -0.05) is 18.6 Å². The Balaban J connectivity index is 1.89. The number of ether oxygens (including phenoxy) is 1. The van der Waals surface area contributed by atoms with Gasteiger partial charge in [0.2, 0.25) is 0 Å². The summed E-state index contributed by atoms with van der Waals surface area (Å²) in [6.45, 7) is 7.12. The molecule has 1 aliphatic carbocycles. The third-order valence-corrected chi connectivity index (χ3v) is 3.75. The minimum Gasteiger partial charge on any atom is -0.465 e. The minimum absolute atomic E-state index is 0.0368. The molecular formula is C12H18O2. The lowest BCUT2D eigenvalue weighted by Gasteiger charge is -2.13. The zero-order chi connectivity index (χ0) is 10.3. The van der Waals surface area contributed by atoms with Crippen molar-refractivity contribution in [3.63, 3.8) is 0 Å². The minimum atomic E-state index is 0.0368. The number of carbonyl (C=O) groups is 1. The second-order valence-electron chi connectivity index (χ2n) is 5.04. The predicted octanol–water partition coefficient (Wildman–Crippen LogP) is 2.54. The van der Waals surface area contributed by atoms with Crippen LogP contribution in [-0.2, 0) is 9.53 Å². The summed E-state index contributed by atoms with van der Waals surface area (Å²) in [5.74, 6) is 0.767. The molecule has 0 bridgehead atoms. The maximum absolute atomic E-state index is 11.3. The van der Waals surface area contributed by atoms with Crippen molar-refractivity contribution in [3.05, 3.63) is 11.6 Å². The van der Waals surface area contributed by atoms with Gasteiger partial charge in [0.05, 0.1) is 12.5 Å². The quantitative estimate of drug-likeness (QED) is 0.510. The van der Waals surface area contributed by atoms with Crippen LogP contribution >= 0.6 is 0 Å². The van der Waals surface area contributed by atoms with Crippen LogP contribution < -0.4 is 0 Å². The predicted molar refractivity (Wildman–Crippen MR) is 54.7 cm³/mol. The molecule has 0 aromatic rings. The normalized spacial score (nSPS) is 38.9. The van der Waals surface area contributed by atoms with E-state index in [9.17, 15) is 4.79 Å². The molecule has 2 aliphatic rings. The maximum Gasteiger partial charge on any atom is 0.309 e. The lowest BCUT2D eigenvalue weighted by atomic mass is 9.96. The third-order valence-electron chi connectivity index (χ3n) is 3.75. The van der Waals surface area contributed by atoms with Gasteiger partial charge in [-0.3, -0.25) is 4.79 Å². The average Bonchev–Trinajstić information content (AvgIpc) is 2.47. The second kappa shape index (κ2) is 3.11. The number of hydrogen-bond acceptors (Lipinski definition) is 2. The summed E-state index contributed by atoms with van der Waals surface area (Å²) >= 11 is 0. The van der Waals surface area contributed by atoms with Crippen molar-refractivity contribution in [2.75, 3.05) is 6.61 Å². The molecule has 1 saturated carbocycles. The second-order valence-corrected chi connectivity index (χ2v) is 5.04. The van der Waals surface area contributed by atoms with Crippen LogP contribution in [0.3, 0.4) is 0 Å². The largest absolute Gasteiger partial charge is 0.465 e. The van der Waals surface area contributed by atoms with Crippen LogP contribution in [0.4, 0.5) is 0 Å². The Morgan fingerprint density at radius 3 is 2.86 bits per heavy atom. The van der Waals surface area contributed by atoms with Crippen molar-refractivity contribution in [3.8, 4) is 0 Å². The van der Waals surface area contributed by atoms with Gasteiger partial charge in [0.25, 0.3) is 0 Å². The van der Waals surface area contributed by atoms with Crippen molar-refractivity contribution in [2.45, 2.75) is 33.6 Å². The van der Waals surface area contributed by atoms with Crippen LogP contribution in [0.25, 0.3) is 0 Å². The Hall–Kier alpha value is -0.790. The number of fused-ring (bicyclic) bond motifs is 1. The molecule has 0 aromatic carbocycles. The Labute approximate surface area is 85.3 Å². The van der Waals surface area contributed by atoms with E-state index in [1.807, 2.05) is 0 Å². The van der Waals surface area contributed by atoms with Crippen LogP contribution in [0.15, 0.2) is 11.6 Å². The van der Waals surface area contributed by atoms with Crippen LogP contribution in [0, 0.1) is 17.3 Å². The highest BCUT2D eigenvalue weighted by Gasteiger charge is 2.68. The van der Waals surface area contributed by atoms with E-state index in [0.29, 0.717) is 12.5 Å². The summed E-state index contributed by atoms with van der Waals surface area (Å²) in [7, 11) is 0. The van der Waals surface area contributed by atoms with E-state index in [1.54, 1.807) is 0 Å². The van der Waals surface area contributed by atoms with E-state index in [1.165, 1.54) is 5.57 Å². The Morgan fingerprint density at radius 1 is 1.64 bits per heavy atom. The first-order valence-electron chi connectivity index (χ1n) is 5.36. The molecule has 2 fully saturated rings. The monoisotopic (exact) mass is 194 g/mol. The zero-order valence-electron chi connectivity index (χ0n) is 9.17. The number of allylic oxidation sites excluding steroid dienone is 2. The summed E-state index contributed by atoms with van der Waals surface area (Å²) < 4.78 is 4.98. The highest BCUT2D eigenvalue weighted by molar-refractivity contribution is 5.80. The molecule has 0 amide bonds. The van der Waals surface area contributed by atoms with E-state index < -0.39 is 0 Å². The topological polar surface area (TPSA) is 26.3 Å². The molecule has 0 aromatic heterocycles. The maximum atomic E-state index is 11.3. The first kappa shape index (κ1) is 9.75. The van der Waals surface area contributed by atoms with Crippen molar-refractivity contribution >= 4 is 5.97 Å². The molecule has 78 valence electrons. The molecule has 0 N–H and O–H groups in total. The molecule has 2 rings (SSSR count). The summed E-state index contributed by atoms with van der Waals surface area (Å²) in [5, 5.41) is 0. The Bertz CT molecular complexity index is 289. The van der Waals surface area contributed by atoms with Gasteiger partial charge in [0, 0.05) is 5.92 Å². The van der Waals surface area contributed by atoms with Crippen molar-refractivity contribution in [1.29, 1.82) is 0 Å². The van der Waals surface area contributed by atoms with Gasteiger partial charge in [-0.05, 0) is 32.1 Å². The summed E-state index contributed by atoms with van der Waals surface area (Å²) in [4.78, 5) is 11.3. The molecule has 0 radical (unpaired) electrons. The fraction of sp³-hybridized carbons (Fsp3) is 0.750. The molecule has 1 heterocycles. The molecule has 1 aliphatic heterocycles. The SMILES string of the molecule is CC(C)=CCC[C@@]1(C)[C@@H]2C(=O)OC[C@@H]21. The van der Waals surface area contributed by atoms with Crippen molar-refractivity contribution in [1.82, 2.24) is 0 Å². The van der Waals surface area contributed by atoms with Gasteiger partial charge in [-0.2, -0.15) is 0 Å². The van der Waals surface area contributed by atoms with Gasteiger partial charge in [-0.25, -0.2) is 0 Å². The fourth-order valence-corrected chi connectivity index (χ4v) is 2.66. The van der Waals surface area contributed by atoms with Crippen LogP contribution in [0.2, 0.25) is 0 Å². The van der Waals surface area contributed by atoms with Crippen LogP contribution in [0.5, 0.6) is 0 Å². The smallest absolute Gasteiger partial charge is 0.309 e. The van der Waals surface area contributed by atoms with Crippen molar-refractivity contribution in [2.24, 2.45) is 17.3 Å². The van der Waals surface area contributed by atoms with E-state index in [4.69, 9.17) is 4.74 Å². The molecule has 2 nitrogen and oxygen atoms in total. The number of esters is 1. The lowest BCUT2D eigenvalue weighted by molar-refractivity contribution is -0.143. The first-order chi connectivity index (χ1) is 6.55. The number of hydrogen-bond donors (Lipinski definition) is 0. The molecule has 0 unspecified atom stereocenters. The van der Waals surface area contributed by atoms with Gasteiger partial charge >= 0.3 is 5.97 Å². The average molecular weight is 194 g/mol. The standard InChI is InChI=1S/C12H18O2/c1-8(2)5-4-6-12(3)9-7-14-11(13)10(9)12/h5,9-10H,4,6-7H2,1-3H3/t9-,10-,12+/m0/s1. The molecule has 0 spiro atoms. The first-order valence-corrected chi connectivity index (χ1v) is 5.36. The number of cyclic esters (lactones) is 1. The Morgan fingerprint density at radius 2 is 2.36 bits per heavy atom. The van der Waals surface area contributed by atoms with Gasteiger partial charge < -0.3 is 4.74 Å². The van der Waals surface area contributed by atoms with Crippen LogP contribution in [-0.4, -0.2) is 12.6 Å².